The second-order valence-electron chi connectivity index (χ2n) is 10.0. The molecular weight excluding hydrogens is 506 g/mol. The number of fused-ring (bicyclic) bond motifs is 2. The summed E-state index contributed by atoms with van der Waals surface area (Å²) in [6, 6.07) is 19.4. The van der Waals surface area contributed by atoms with E-state index in [4.69, 9.17) is 14.9 Å². The number of carbonyl (C=O) groups excluding carboxylic acids is 2. The van der Waals surface area contributed by atoms with Crippen molar-refractivity contribution in [3.63, 3.8) is 0 Å². The van der Waals surface area contributed by atoms with Gasteiger partial charge in [-0.3, -0.25) is 9.59 Å². The molecule has 1 atom stereocenters. The minimum absolute atomic E-state index is 0.153. The second-order valence-corrected chi connectivity index (χ2v) is 10.0. The summed E-state index contributed by atoms with van der Waals surface area (Å²) in [5.74, 6) is 1.01. The van der Waals surface area contributed by atoms with Crippen LogP contribution in [0.1, 0.15) is 55.3 Å². The van der Waals surface area contributed by atoms with Gasteiger partial charge in [0.25, 0.3) is 0 Å². The highest BCUT2D eigenvalue weighted by molar-refractivity contribution is 5.91. The average Bonchev–Trinajstić information content (AvgIpc) is 3.56. The number of nitrogens with zero attached hydrogens (tertiary/aromatic N) is 2. The third kappa shape index (κ3) is 6.14. The van der Waals surface area contributed by atoms with Crippen LogP contribution in [0.5, 0.6) is 5.75 Å². The number of carbonyl (C=O) groups is 2. The van der Waals surface area contributed by atoms with E-state index in [0.717, 1.165) is 57.1 Å². The van der Waals surface area contributed by atoms with E-state index in [1.165, 1.54) is 0 Å². The van der Waals surface area contributed by atoms with Gasteiger partial charge in [0.2, 0.25) is 23.6 Å². The topological polar surface area (TPSA) is 136 Å². The molecule has 0 aliphatic rings. The summed E-state index contributed by atoms with van der Waals surface area (Å²) in [4.78, 5) is 27.8. The lowest BCUT2D eigenvalue weighted by molar-refractivity contribution is -0.121. The van der Waals surface area contributed by atoms with Gasteiger partial charge in [-0.25, -0.2) is 0 Å². The number of unbranched alkanes of at least 4 members (excludes halogenated alkanes) is 2. The zero-order chi connectivity index (χ0) is 28.1. The summed E-state index contributed by atoms with van der Waals surface area (Å²) in [6.45, 7) is 1.96. The normalized spacial score (nSPS) is 12.1. The van der Waals surface area contributed by atoms with Crippen LogP contribution in [-0.4, -0.2) is 34.1 Å². The molecule has 2 aromatic heterocycles. The van der Waals surface area contributed by atoms with Crippen LogP contribution < -0.4 is 15.8 Å². The monoisotopic (exact) mass is 539 g/mol. The van der Waals surface area contributed by atoms with Crippen LogP contribution in [0.4, 0.5) is 0 Å². The number of aromatic amines is 1. The molecule has 1 unspecified atom stereocenters. The Morgan fingerprint density at radius 3 is 2.65 bits per heavy atom. The van der Waals surface area contributed by atoms with E-state index < -0.39 is 6.04 Å². The van der Waals surface area contributed by atoms with E-state index in [0.29, 0.717) is 31.0 Å². The molecule has 2 heterocycles. The first-order valence-electron chi connectivity index (χ1n) is 13.5. The molecule has 0 aliphatic carbocycles. The van der Waals surface area contributed by atoms with Crippen LogP contribution in [0.25, 0.3) is 33.1 Å². The van der Waals surface area contributed by atoms with E-state index in [2.05, 4.69) is 20.5 Å². The van der Waals surface area contributed by atoms with Gasteiger partial charge in [0.15, 0.2) is 0 Å². The summed E-state index contributed by atoms with van der Waals surface area (Å²) in [7, 11) is 1.62. The predicted molar refractivity (Wildman–Crippen MR) is 154 cm³/mol. The standard InChI is InChI=1S/C31H33N5O4/c1-19-24(25-17-23(39-2)14-15-26(25)33-19)18-29(38)34-27(10-4-3-5-11-28(32)37)31-36-35-30(40-31)22-13-12-20-8-6-7-9-21(20)16-22/h6-9,12-17,27,33H,3-5,10-11,18H2,1-2H3,(H2,32,37)(H,34,38). The maximum Gasteiger partial charge on any atom is 0.247 e. The minimum Gasteiger partial charge on any atom is -0.497 e. The number of H-pyrrole nitrogens is 1. The molecule has 0 fully saturated rings. The molecule has 0 spiro atoms. The van der Waals surface area contributed by atoms with E-state index >= 15 is 0 Å². The highest BCUT2D eigenvalue weighted by atomic mass is 16.5. The largest absolute Gasteiger partial charge is 0.497 e. The van der Waals surface area contributed by atoms with Crippen molar-refractivity contribution >= 4 is 33.5 Å². The molecule has 9 nitrogen and oxygen atoms in total. The van der Waals surface area contributed by atoms with Crippen molar-refractivity contribution in [3.05, 3.63) is 77.8 Å². The number of hydrogen-bond donors (Lipinski definition) is 3. The van der Waals surface area contributed by atoms with Gasteiger partial charge in [-0.1, -0.05) is 43.2 Å². The highest BCUT2D eigenvalue weighted by Crippen LogP contribution is 2.29. The third-order valence-electron chi connectivity index (χ3n) is 7.15. The fourth-order valence-electron chi connectivity index (χ4n) is 5.02. The van der Waals surface area contributed by atoms with Crippen LogP contribution >= 0.6 is 0 Å². The van der Waals surface area contributed by atoms with Crippen molar-refractivity contribution in [3.8, 4) is 17.2 Å². The minimum atomic E-state index is -0.470. The number of primary amides is 1. The number of rotatable bonds is 12. The molecule has 5 aromatic rings. The van der Waals surface area contributed by atoms with Gasteiger partial charge < -0.3 is 25.2 Å². The van der Waals surface area contributed by atoms with Crippen molar-refractivity contribution in [2.24, 2.45) is 5.73 Å². The Kier molecular flexibility index (Phi) is 8.10. The van der Waals surface area contributed by atoms with E-state index in [9.17, 15) is 9.59 Å². The number of aromatic nitrogens is 3. The van der Waals surface area contributed by atoms with Gasteiger partial charge in [-0.05, 0) is 66.4 Å². The van der Waals surface area contributed by atoms with Crippen molar-refractivity contribution in [2.45, 2.75) is 51.5 Å². The lowest BCUT2D eigenvalue weighted by Crippen LogP contribution is -2.30. The maximum absolute atomic E-state index is 13.3. The number of amides is 2. The molecule has 3 aromatic carbocycles. The van der Waals surface area contributed by atoms with Crippen molar-refractivity contribution < 1.29 is 18.7 Å². The van der Waals surface area contributed by atoms with Crippen LogP contribution in [0.15, 0.2) is 65.1 Å². The smallest absolute Gasteiger partial charge is 0.247 e. The Bertz CT molecular complexity index is 1650. The average molecular weight is 540 g/mol. The first-order chi connectivity index (χ1) is 19.4. The van der Waals surface area contributed by atoms with Gasteiger partial charge in [0, 0.05) is 28.6 Å². The second kappa shape index (κ2) is 12.0. The number of hydrogen-bond acceptors (Lipinski definition) is 6. The van der Waals surface area contributed by atoms with Crippen molar-refractivity contribution in [2.75, 3.05) is 7.11 Å². The number of aryl methyl sites for hydroxylation is 1. The lowest BCUT2D eigenvalue weighted by atomic mass is 10.0. The number of nitrogens with one attached hydrogen (secondary N) is 2. The predicted octanol–water partition coefficient (Wildman–Crippen LogP) is 5.52. The van der Waals surface area contributed by atoms with Gasteiger partial charge >= 0.3 is 0 Å². The number of ether oxygens (including phenoxy) is 1. The third-order valence-corrected chi connectivity index (χ3v) is 7.15. The molecule has 0 aliphatic heterocycles. The summed E-state index contributed by atoms with van der Waals surface area (Å²) in [5, 5.41) is 14.9. The lowest BCUT2D eigenvalue weighted by Gasteiger charge is -2.15. The summed E-state index contributed by atoms with van der Waals surface area (Å²) in [6.07, 6.45) is 3.36. The fourth-order valence-corrected chi connectivity index (χ4v) is 5.02. The first kappa shape index (κ1) is 26.9. The van der Waals surface area contributed by atoms with Crippen molar-refractivity contribution in [1.29, 1.82) is 0 Å². The molecule has 0 saturated carbocycles. The van der Waals surface area contributed by atoms with Crippen molar-refractivity contribution in [1.82, 2.24) is 20.5 Å². The van der Waals surface area contributed by atoms with Gasteiger partial charge in [0.1, 0.15) is 11.8 Å². The maximum atomic E-state index is 13.3. The summed E-state index contributed by atoms with van der Waals surface area (Å²) in [5.41, 5.74) is 8.88. The Balaban J connectivity index is 1.35. The quantitative estimate of drug-likeness (QED) is 0.179. The molecule has 40 heavy (non-hydrogen) atoms. The molecule has 9 heteroatoms. The van der Waals surface area contributed by atoms with Crippen LogP contribution in [-0.2, 0) is 16.0 Å². The Morgan fingerprint density at radius 2 is 1.85 bits per heavy atom. The number of benzene rings is 3. The molecule has 2 amide bonds. The summed E-state index contributed by atoms with van der Waals surface area (Å²) >= 11 is 0. The van der Waals surface area contributed by atoms with Crippen LogP contribution in [0.3, 0.4) is 0 Å². The molecule has 206 valence electrons. The van der Waals surface area contributed by atoms with E-state index in [1.54, 1.807) is 7.11 Å². The molecule has 5 rings (SSSR count). The zero-order valence-corrected chi connectivity index (χ0v) is 22.7. The Labute approximate surface area is 232 Å². The fraction of sp³-hybridized carbons (Fsp3) is 0.290. The molecule has 0 radical (unpaired) electrons. The van der Waals surface area contributed by atoms with Gasteiger partial charge in [0.05, 0.1) is 13.5 Å². The van der Waals surface area contributed by atoms with E-state index in [-0.39, 0.29) is 18.2 Å². The first-order valence-corrected chi connectivity index (χ1v) is 13.5. The molecule has 0 bridgehead atoms. The van der Waals surface area contributed by atoms with Crippen LogP contribution in [0.2, 0.25) is 0 Å². The Morgan fingerprint density at radius 1 is 1.02 bits per heavy atom. The van der Waals surface area contributed by atoms with E-state index in [1.807, 2.05) is 67.6 Å². The molecule has 0 saturated heterocycles. The number of methoxy groups -OCH3 is 1. The Hall–Kier alpha value is -4.66. The highest BCUT2D eigenvalue weighted by Gasteiger charge is 2.23. The van der Waals surface area contributed by atoms with Gasteiger partial charge in [-0.2, -0.15) is 0 Å². The number of nitrogens with two attached hydrogens (primary N) is 1. The molecular formula is C31H33N5O4. The zero-order valence-electron chi connectivity index (χ0n) is 22.7. The summed E-state index contributed by atoms with van der Waals surface area (Å²) < 4.78 is 11.5. The van der Waals surface area contributed by atoms with Gasteiger partial charge in [-0.15, -0.1) is 10.2 Å². The van der Waals surface area contributed by atoms with Crippen LogP contribution in [0, 0.1) is 6.92 Å². The molecule has 4 N–H and O–H groups in total. The SMILES string of the molecule is COc1ccc2[nH]c(C)c(CC(=O)NC(CCCCCC(N)=O)c3nnc(-c4ccc5ccccc5c4)o3)c2c1.